The van der Waals surface area contributed by atoms with Crippen LogP contribution in [-0.4, -0.2) is 11.1 Å². The molecule has 4 aromatic rings. The van der Waals surface area contributed by atoms with Crippen molar-refractivity contribution < 1.29 is 14.6 Å². The van der Waals surface area contributed by atoms with Crippen LogP contribution >= 0.6 is 0 Å². The smallest absolute Gasteiger partial charge is 0.335 e. The molecule has 0 unspecified atom stereocenters. The number of aromatic carboxylic acids is 1. The maximum Gasteiger partial charge on any atom is 0.335 e. The van der Waals surface area contributed by atoms with E-state index in [0.717, 1.165) is 22.6 Å². The van der Waals surface area contributed by atoms with Crippen LogP contribution < -0.4 is 10.1 Å². The molecule has 0 aromatic heterocycles. The van der Waals surface area contributed by atoms with E-state index in [-0.39, 0.29) is 5.56 Å². The minimum Gasteiger partial charge on any atom is -0.489 e. The molecule has 154 valence electrons. The van der Waals surface area contributed by atoms with Crippen LogP contribution in [0.15, 0.2) is 103 Å². The number of hydrogen-bond acceptors (Lipinski definition) is 3. The summed E-state index contributed by atoms with van der Waals surface area (Å²) in [4.78, 5) is 10.9. The van der Waals surface area contributed by atoms with Crippen LogP contribution in [0.1, 0.15) is 21.5 Å². The van der Waals surface area contributed by atoms with Gasteiger partial charge in [-0.25, -0.2) is 4.79 Å². The van der Waals surface area contributed by atoms with E-state index in [0.29, 0.717) is 13.2 Å². The fourth-order valence-corrected chi connectivity index (χ4v) is 3.32. The van der Waals surface area contributed by atoms with Gasteiger partial charge in [0.15, 0.2) is 0 Å². The van der Waals surface area contributed by atoms with Crippen LogP contribution in [0.25, 0.3) is 11.1 Å². The van der Waals surface area contributed by atoms with Crippen molar-refractivity contribution in [3.05, 3.63) is 120 Å². The van der Waals surface area contributed by atoms with Gasteiger partial charge >= 0.3 is 5.97 Å². The zero-order valence-corrected chi connectivity index (χ0v) is 17.0. The van der Waals surface area contributed by atoms with E-state index in [9.17, 15) is 4.79 Å². The standard InChI is InChI=1S/C27H23NO3/c29-27(30)23-12-14-25(15-13-23)28-18-20-6-5-11-26(17-20)31-19-21-7-4-10-24(16-21)22-8-2-1-3-9-22/h1-17,28H,18-19H2,(H,29,30). The molecule has 4 rings (SSSR count). The maximum absolute atomic E-state index is 10.9. The monoisotopic (exact) mass is 409 g/mol. The molecule has 31 heavy (non-hydrogen) atoms. The molecule has 0 radical (unpaired) electrons. The molecule has 0 saturated heterocycles. The SMILES string of the molecule is O=C(O)c1ccc(NCc2cccc(OCc3cccc(-c4ccccc4)c3)c2)cc1. The Balaban J connectivity index is 1.36. The Kier molecular flexibility index (Phi) is 6.29. The van der Waals surface area contributed by atoms with Gasteiger partial charge in [-0.15, -0.1) is 0 Å². The van der Waals surface area contributed by atoms with Crippen molar-refractivity contribution >= 4 is 11.7 Å². The highest BCUT2D eigenvalue weighted by molar-refractivity contribution is 5.88. The number of rotatable bonds is 8. The molecule has 4 aromatic carbocycles. The van der Waals surface area contributed by atoms with Crippen molar-refractivity contribution in [2.75, 3.05) is 5.32 Å². The summed E-state index contributed by atoms with van der Waals surface area (Å²) >= 11 is 0. The van der Waals surface area contributed by atoms with Crippen molar-refractivity contribution in [3.8, 4) is 16.9 Å². The van der Waals surface area contributed by atoms with E-state index in [1.54, 1.807) is 24.3 Å². The van der Waals surface area contributed by atoms with Gasteiger partial charge in [0.05, 0.1) is 5.56 Å². The molecule has 4 nitrogen and oxygen atoms in total. The predicted octanol–water partition coefficient (Wildman–Crippen LogP) is 6.24. The minimum absolute atomic E-state index is 0.275. The van der Waals surface area contributed by atoms with Gasteiger partial charge in [-0.3, -0.25) is 0 Å². The zero-order valence-electron chi connectivity index (χ0n) is 17.0. The summed E-state index contributed by atoms with van der Waals surface area (Å²) in [6, 6.07) is 33.4. The third-order valence-corrected chi connectivity index (χ3v) is 4.97. The third kappa shape index (κ3) is 5.52. The van der Waals surface area contributed by atoms with E-state index >= 15 is 0 Å². The molecule has 0 fully saturated rings. The second-order valence-corrected chi connectivity index (χ2v) is 7.24. The van der Waals surface area contributed by atoms with Gasteiger partial charge in [-0.2, -0.15) is 0 Å². The number of benzene rings is 4. The van der Waals surface area contributed by atoms with Gasteiger partial charge in [-0.1, -0.05) is 60.7 Å². The average molecular weight is 409 g/mol. The fourth-order valence-electron chi connectivity index (χ4n) is 3.32. The minimum atomic E-state index is -0.925. The molecular formula is C27H23NO3. The largest absolute Gasteiger partial charge is 0.489 e. The lowest BCUT2D eigenvalue weighted by atomic mass is 10.0. The van der Waals surface area contributed by atoms with Crippen molar-refractivity contribution in [2.45, 2.75) is 13.2 Å². The lowest BCUT2D eigenvalue weighted by Gasteiger charge is -2.11. The first kappa shape index (κ1) is 20.2. The molecule has 0 amide bonds. The Labute approximate surface area is 181 Å². The first-order chi connectivity index (χ1) is 15.2. The number of carbonyl (C=O) groups is 1. The number of hydrogen-bond donors (Lipinski definition) is 2. The molecule has 0 atom stereocenters. The highest BCUT2D eigenvalue weighted by Crippen LogP contribution is 2.22. The van der Waals surface area contributed by atoms with Crippen LogP contribution in [0, 0.1) is 0 Å². The van der Waals surface area contributed by atoms with Gasteiger partial charge in [0, 0.05) is 12.2 Å². The molecule has 0 aliphatic rings. The highest BCUT2D eigenvalue weighted by Gasteiger charge is 2.03. The summed E-state index contributed by atoms with van der Waals surface area (Å²) in [5.41, 5.74) is 5.70. The lowest BCUT2D eigenvalue weighted by Crippen LogP contribution is -2.02. The summed E-state index contributed by atoms with van der Waals surface area (Å²) in [5, 5.41) is 12.3. The first-order valence-corrected chi connectivity index (χ1v) is 10.1. The Morgan fingerprint density at radius 2 is 1.45 bits per heavy atom. The molecule has 0 spiro atoms. The quantitative estimate of drug-likeness (QED) is 0.361. The predicted molar refractivity (Wildman–Crippen MR) is 123 cm³/mol. The normalized spacial score (nSPS) is 10.5. The Hall–Kier alpha value is -4.05. The highest BCUT2D eigenvalue weighted by atomic mass is 16.5. The van der Waals surface area contributed by atoms with E-state index in [4.69, 9.17) is 9.84 Å². The van der Waals surface area contributed by atoms with Crippen LogP contribution in [0.3, 0.4) is 0 Å². The van der Waals surface area contributed by atoms with E-state index in [2.05, 4.69) is 41.7 Å². The van der Waals surface area contributed by atoms with E-state index in [1.165, 1.54) is 11.1 Å². The molecule has 4 heteroatoms. The Morgan fingerprint density at radius 1 is 0.742 bits per heavy atom. The van der Waals surface area contributed by atoms with E-state index in [1.807, 2.05) is 42.5 Å². The van der Waals surface area contributed by atoms with Crippen molar-refractivity contribution in [1.82, 2.24) is 0 Å². The van der Waals surface area contributed by atoms with Gasteiger partial charge in [0.2, 0.25) is 0 Å². The number of nitrogens with one attached hydrogen (secondary N) is 1. The number of carboxylic acid groups (broad SMARTS) is 1. The lowest BCUT2D eigenvalue weighted by molar-refractivity contribution is 0.0697. The summed E-state index contributed by atoms with van der Waals surface area (Å²) in [6.45, 7) is 1.11. The van der Waals surface area contributed by atoms with Gasteiger partial charge in [0.1, 0.15) is 12.4 Å². The summed E-state index contributed by atoms with van der Waals surface area (Å²) in [7, 11) is 0. The van der Waals surface area contributed by atoms with Crippen LogP contribution in [0.4, 0.5) is 5.69 Å². The Morgan fingerprint density at radius 3 is 2.23 bits per heavy atom. The molecule has 0 aliphatic carbocycles. The number of anilines is 1. The second-order valence-electron chi connectivity index (χ2n) is 7.24. The van der Waals surface area contributed by atoms with Crippen molar-refractivity contribution in [1.29, 1.82) is 0 Å². The van der Waals surface area contributed by atoms with Crippen molar-refractivity contribution in [2.24, 2.45) is 0 Å². The summed E-state index contributed by atoms with van der Waals surface area (Å²) in [6.07, 6.45) is 0. The van der Waals surface area contributed by atoms with Crippen LogP contribution in [0.2, 0.25) is 0 Å². The van der Waals surface area contributed by atoms with Crippen molar-refractivity contribution in [3.63, 3.8) is 0 Å². The topological polar surface area (TPSA) is 58.6 Å². The first-order valence-electron chi connectivity index (χ1n) is 10.1. The Bertz CT molecular complexity index is 1150. The number of carboxylic acids is 1. The third-order valence-electron chi connectivity index (χ3n) is 4.97. The van der Waals surface area contributed by atoms with Gasteiger partial charge < -0.3 is 15.2 Å². The fraction of sp³-hybridized carbons (Fsp3) is 0.0741. The molecule has 0 heterocycles. The maximum atomic E-state index is 10.9. The number of ether oxygens (including phenoxy) is 1. The molecule has 0 bridgehead atoms. The summed E-state index contributed by atoms with van der Waals surface area (Å²) < 4.78 is 6.02. The molecule has 0 saturated carbocycles. The van der Waals surface area contributed by atoms with Gasteiger partial charge in [-0.05, 0) is 64.7 Å². The van der Waals surface area contributed by atoms with Gasteiger partial charge in [0.25, 0.3) is 0 Å². The van der Waals surface area contributed by atoms with E-state index < -0.39 is 5.97 Å². The van der Waals surface area contributed by atoms with Crippen LogP contribution in [0.5, 0.6) is 5.75 Å². The molecule has 0 aliphatic heterocycles. The molecular weight excluding hydrogens is 386 g/mol. The summed E-state index contributed by atoms with van der Waals surface area (Å²) in [5.74, 6) is -0.114. The average Bonchev–Trinajstić information content (AvgIpc) is 2.83. The molecule has 2 N–H and O–H groups in total. The van der Waals surface area contributed by atoms with Crippen LogP contribution in [-0.2, 0) is 13.2 Å². The zero-order chi connectivity index (χ0) is 21.5. The second kappa shape index (κ2) is 9.63.